The van der Waals surface area contributed by atoms with Crippen LogP contribution in [0.15, 0.2) is 0 Å². The Balaban J connectivity index is -0.000000309. The maximum absolute atomic E-state index is 9.57. The third-order valence-corrected chi connectivity index (χ3v) is 0.803. The number of aliphatic hydroxyl groups is 3. The number of rotatable bonds is 3. The SMILES string of the molecule is CN.O=S(=O)([O-])OCC(O)(O)O.[Na+]. The van der Waals surface area contributed by atoms with Crippen molar-refractivity contribution in [2.24, 2.45) is 5.73 Å². The van der Waals surface area contributed by atoms with E-state index in [9.17, 15) is 13.0 Å². The number of hydrogen-bond donors (Lipinski definition) is 4. The van der Waals surface area contributed by atoms with Crippen LogP contribution >= 0.6 is 0 Å². The van der Waals surface area contributed by atoms with Gasteiger partial charge < -0.3 is 25.6 Å². The van der Waals surface area contributed by atoms with Crippen molar-refractivity contribution in [2.45, 2.75) is 5.97 Å². The minimum Gasteiger partial charge on any atom is -0.726 e. The van der Waals surface area contributed by atoms with E-state index in [1.165, 1.54) is 7.05 Å². The van der Waals surface area contributed by atoms with Crippen molar-refractivity contribution in [3.63, 3.8) is 0 Å². The van der Waals surface area contributed by atoms with Gasteiger partial charge in [0, 0.05) is 0 Å². The molecular formula is C3H10NNaO7S. The zero-order valence-corrected chi connectivity index (χ0v) is 9.98. The van der Waals surface area contributed by atoms with Crippen LogP contribution in [0, 0.1) is 0 Å². The molecule has 8 nitrogen and oxygen atoms in total. The van der Waals surface area contributed by atoms with Gasteiger partial charge in [-0.3, -0.25) is 4.18 Å². The Morgan fingerprint density at radius 3 is 1.77 bits per heavy atom. The summed E-state index contributed by atoms with van der Waals surface area (Å²) in [6.07, 6.45) is 0. The molecule has 13 heavy (non-hydrogen) atoms. The molecular weight excluding hydrogens is 217 g/mol. The molecule has 0 aliphatic rings. The van der Waals surface area contributed by atoms with Crippen LogP contribution in [0.2, 0.25) is 0 Å². The fourth-order valence-electron chi connectivity index (χ4n) is 0.151. The Morgan fingerprint density at radius 2 is 1.69 bits per heavy atom. The summed E-state index contributed by atoms with van der Waals surface area (Å²) in [4.78, 5) is 0. The van der Waals surface area contributed by atoms with Gasteiger partial charge in [0.15, 0.2) is 0 Å². The van der Waals surface area contributed by atoms with Crippen molar-refractivity contribution in [3.05, 3.63) is 0 Å². The van der Waals surface area contributed by atoms with Crippen LogP contribution < -0.4 is 35.3 Å². The van der Waals surface area contributed by atoms with Crippen LogP contribution in [-0.2, 0) is 14.6 Å². The molecule has 0 saturated carbocycles. The molecule has 10 heteroatoms. The maximum Gasteiger partial charge on any atom is 1.00 e. The fourth-order valence-corrected chi connectivity index (χ4v) is 0.454. The molecule has 0 aliphatic heterocycles. The van der Waals surface area contributed by atoms with Gasteiger partial charge in [0.25, 0.3) is 0 Å². The predicted octanol–water partition coefficient (Wildman–Crippen LogP) is -6.33. The fraction of sp³-hybridized carbons (Fsp3) is 1.00. The first kappa shape index (κ1) is 19.3. The normalized spacial score (nSPS) is 10.9. The third kappa shape index (κ3) is 24.5. The van der Waals surface area contributed by atoms with Crippen molar-refractivity contribution in [1.29, 1.82) is 0 Å². The van der Waals surface area contributed by atoms with Gasteiger partial charge in [-0.15, -0.1) is 0 Å². The van der Waals surface area contributed by atoms with Gasteiger partial charge in [-0.05, 0) is 7.05 Å². The van der Waals surface area contributed by atoms with E-state index in [2.05, 4.69) is 9.92 Å². The van der Waals surface area contributed by atoms with Crippen LogP contribution in [0.4, 0.5) is 0 Å². The van der Waals surface area contributed by atoms with Crippen molar-refractivity contribution < 1.29 is 62.0 Å². The summed E-state index contributed by atoms with van der Waals surface area (Å²) in [6, 6.07) is 0. The molecule has 0 rings (SSSR count). The van der Waals surface area contributed by atoms with Crippen molar-refractivity contribution in [1.82, 2.24) is 0 Å². The second-order valence-corrected chi connectivity index (χ2v) is 2.50. The molecule has 5 N–H and O–H groups in total. The second-order valence-electron chi connectivity index (χ2n) is 1.44. The zero-order chi connectivity index (χ0) is 10.4. The zero-order valence-electron chi connectivity index (χ0n) is 7.17. The Labute approximate surface area is 97.6 Å². The summed E-state index contributed by atoms with van der Waals surface area (Å²) < 4.78 is 32.0. The van der Waals surface area contributed by atoms with E-state index in [-0.39, 0.29) is 29.6 Å². The minimum absolute atomic E-state index is 0. The van der Waals surface area contributed by atoms with Crippen LogP contribution in [0.5, 0.6) is 0 Å². The van der Waals surface area contributed by atoms with E-state index in [1.54, 1.807) is 0 Å². The van der Waals surface area contributed by atoms with Gasteiger partial charge >= 0.3 is 35.5 Å². The number of hydrogen-bond acceptors (Lipinski definition) is 8. The Morgan fingerprint density at radius 1 is 1.38 bits per heavy atom. The summed E-state index contributed by atoms with van der Waals surface area (Å²) >= 11 is 0. The molecule has 0 bridgehead atoms. The molecule has 0 aromatic heterocycles. The Hall–Kier alpha value is 0.710. The molecule has 76 valence electrons. The van der Waals surface area contributed by atoms with E-state index < -0.39 is 23.0 Å². The summed E-state index contributed by atoms with van der Waals surface area (Å²) in [7, 11) is -3.49. The first-order chi connectivity index (χ1) is 5.21. The predicted molar refractivity (Wildman–Crippen MR) is 35.1 cm³/mol. The van der Waals surface area contributed by atoms with E-state index in [0.717, 1.165) is 0 Å². The average molecular weight is 227 g/mol. The van der Waals surface area contributed by atoms with Crippen molar-refractivity contribution in [3.8, 4) is 0 Å². The minimum atomic E-state index is -4.99. The van der Waals surface area contributed by atoms with Gasteiger partial charge in [0.1, 0.15) is 6.61 Å². The molecule has 0 aromatic carbocycles. The molecule has 0 fully saturated rings. The molecule has 0 radical (unpaired) electrons. The van der Waals surface area contributed by atoms with Gasteiger partial charge in [0.05, 0.1) is 0 Å². The van der Waals surface area contributed by atoms with Crippen LogP contribution in [-0.4, -0.2) is 47.9 Å². The van der Waals surface area contributed by atoms with Crippen LogP contribution in [0.3, 0.4) is 0 Å². The van der Waals surface area contributed by atoms with Gasteiger partial charge in [-0.2, -0.15) is 0 Å². The molecule has 0 heterocycles. The van der Waals surface area contributed by atoms with Gasteiger partial charge in [0.2, 0.25) is 10.4 Å². The Bertz CT molecular complexity index is 196. The van der Waals surface area contributed by atoms with E-state index >= 15 is 0 Å². The summed E-state index contributed by atoms with van der Waals surface area (Å²) in [5.74, 6) is -3.29. The molecule has 0 unspecified atom stereocenters. The quantitative estimate of drug-likeness (QED) is 0.161. The van der Waals surface area contributed by atoms with Crippen LogP contribution in [0.1, 0.15) is 0 Å². The average Bonchev–Trinajstić information content (AvgIpc) is 1.86. The smallest absolute Gasteiger partial charge is 0.726 e. The van der Waals surface area contributed by atoms with Gasteiger partial charge in [-0.1, -0.05) is 0 Å². The second kappa shape index (κ2) is 8.05. The first-order valence-corrected chi connectivity index (χ1v) is 3.89. The monoisotopic (exact) mass is 227 g/mol. The Kier molecular flexibility index (Phi) is 12.0. The van der Waals surface area contributed by atoms with E-state index in [4.69, 9.17) is 15.3 Å². The molecule has 0 amide bonds. The standard InChI is InChI=1S/C2H6O7S.CH5N.Na/c3-2(4,5)1-9-10(6,7)8;1-2;/h3-5H,1H2,(H,6,7,8);2H2,1H3;/q;;+1/p-1. The molecule has 0 aliphatic carbocycles. The maximum atomic E-state index is 9.57. The van der Waals surface area contributed by atoms with E-state index in [0.29, 0.717) is 0 Å². The van der Waals surface area contributed by atoms with Gasteiger partial charge in [-0.25, -0.2) is 8.42 Å². The first-order valence-electron chi connectivity index (χ1n) is 2.56. The van der Waals surface area contributed by atoms with Crippen LogP contribution in [0.25, 0.3) is 0 Å². The largest absolute Gasteiger partial charge is 1.00 e. The summed E-state index contributed by atoms with van der Waals surface area (Å²) in [5.41, 5.74) is 4.50. The molecule has 0 aromatic rings. The van der Waals surface area contributed by atoms with Crippen molar-refractivity contribution in [2.75, 3.05) is 13.7 Å². The topological polar surface area (TPSA) is 153 Å². The van der Waals surface area contributed by atoms with E-state index in [1.807, 2.05) is 0 Å². The van der Waals surface area contributed by atoms with Crippen molar-refractivity contribution >= 4 is 10.4 Å². The number of nitrogens with two attached hydrogens (primary N) is 1. The molecule has 0 atom stereocenters. The third-order valence-electron chi connectivity index (χ3n) is 0.397. The molecule has 0 saturated heterocycles. The molecule has 0 spiro atoms. The summed E-state index contributed by atoms with van der Waals surface area (Å²) in [6.45, 7) is -1.40. The summed E-state index contributed by atoms with van der Waals surface area (Å²) in [5, 5.41) is 23.9.